The van der Waals surface area contributed by atoms with Gasteiger partial charge in [-0.2, -0.15) is 0 Å². The minimum absolute atomic E-state index is 0.375. The van der Waals surface area contributed by atoms with Crippen LogP contribution in [0.2, 0.25) is 10.3 Å². The van der Waals surface area contributed by atoms with Crippen molar-refractivity contribution in [1.82, 2.24) is 9.97 Å². The minimum Gasteiger partial charge on any atom is -0.496 e. The number of hydrogen-bond donors (Lipinski definition) is 0. The number of ether oxygens (including phenoxy) is 1. The third kappa shape index (κ3) is 3.02. The average Bonchev–Trinajstić information content (AvgIpc) is 2.38. The second-order valence-electron chi connectivity index (χ2n) is 3.81. The van der Waals surface area contributed by atoms with E-state index in [1.165, 1.54) is 0 Å². The zero-order chi connectivity index (χ0) is 14.0. The van der Waals surface area contributed by atoms with Gasteiger partial charge in [0.25, 0.3) is 0 Å². The Labute approximate surface area is 130 Å². The number of aromatic nitrogens is 2. The van der Waals surface area contributed by atoms with E-state index in [9.17, 15) is 0 Å². The van der Waals surface area contributed by atoms with Crippen molar-refractivity contribution in [2.75, 3.05) is 7.11 Å². The molecule has 0 saturated heterocycles. The second-order valence-corrected chi connectivity index (χ2v) is 5.44. The van der Waals surface area contributed by atoms with Crippen molar-refractivity contribution in [3.8, 4) is 17.1 Å². The third-order valence-corrected chi connectivity index (χ3v) is 3.78. The summed E-state index contributed by atoms with van der Waals surface area (Å²) < 4.78 is 6.21. The van der Waals surface area contributed by atoms with Crippen LogP contribution in [0.5, 0.6) is 5.75 Å². The predicted octanol–water partition coefficient (Wildman–Crippen LogP) is 4.78. The molecular weight excluding hydrogens is 351 g/mol. The highest BCUT2D eigenvalue weighted by molar-refractivity contribution is 9.10. The molecule has 0 amide bonds. The van der Waals surface area contributed by atoms with E-state index in [4.69, 9.17) is 27.9 Å². The molecule has 6 heteroatoms. The molecule has 0 spiro atoms. The molecule has 2 aromatic rings. The smallest absolute Gasteiger partial charge is 0.166 e. The molecule has 0 N–H and O–H groups in total. The number of benzene rings is 1. The van der Waals surface area contributed by atoms with Crippen molar-refractivity contribution < 1.29 is 4.74 Å². The van der Waals surface area contributed by atoms with Crippen LogP contribution in [-0.2, 0) is 6.42 Å². The molecular formula is C13H11BrCl2N2O. The first-order valence-corrected chi connectivity index (χ1v) is 7.17. The number of methoxy groups -OCH3 is 1. The van der Waals surface area contributed by atoms with Crippen molar-refractivity contribution in [2.24, 2.45) is 0 Å². The van der Waals surface area contributed by atoms with E-state index in [2.05, 4.69) is 25.9 Å². The van der Waals surface area contributed by atoms with E-state index in [1.807, 2.05) is 25.1 Å². The molecule has 0 atom stereocenters. The first-order valence-electron chi connectivity index (χ1n) is 5.62. The SMILES string of the molecule is CCc1c(Cl)nc(-c2cc(Br)ccc2OC)nc1Cl. The maximum Gasteiger partial charge on any atom is 0.166 e. The van der Waals surface area contributed by atoms with Crippen LogP contribution in [0.1, 0.15) is 12.5 Å². The molecule has 0 radical (unpaired) electrons. The lowest BCUT2D eigenvalue weighted by molar-refractivity contribution is 0.416. The second kappa shape index (κ2) is 6.07. The van der Waals surface area contributed by atoms with Gasteiger partial charge in [-0.05, 0) is 24.6 Å². The molecule has 19 heavy (non-hydrogen) atoms. The van der Waals surface area contributed by atoms with E-state index < -0.39 is 0 Å². The molecule has 0 fully saturated rings. The number of hydrogen-bond acceptors (Lipinski definition) is 3. The summed E-state index contributed by atoms with van der Waals surface area (Å²) >= 11 is 15.7. The van der Waals surface area contributed by atoms with Gasteiger partial charge in [-0.3, -0.25) is 0 Å². The summed E-state index contributed by atoms with van der Waals surface area (Å²) in [7, 11) is 1.59. The number of halogens is 3. The van der Waals surface area contributed by atoms with Gasteiger partial charge in [-0.15, -0.1) is 0 Å². The predicted molar refractivity (Wildman–Crippen MR) is 81.1 cm³/mol. The van der Waals surface area contributed by atoms with Gasteiger partial charge in [0.2, 0.25) is 0 Å². The van der Waals surface area contributed by atoms with Crippen LogP contribution >= 0.6 is 39.1 Å². The Kier molecular flexibility index (Phi) is 4.66. The lowest BCUT2D eigenvalue weighted by Crippen LogP contribution is -1.98. The van der Waals surface area contributed by atoms with Crippen LogP contribution < -0.4 is 4.74 Å². The van der Waals surface area contributed by atoms with Crippen molar-refractivity contribution in [3.63, 3.8) is 0 Å². The third-order valence-electron chi connectivity index (χ3n) is 2.66. The van der Waals surface area contributed by atoms with Crippen LogP contribution in [0.3, 0.4) is 0 Å². The molecule has 0 saturated carbocycles. The van der Waals surface area contributed by atoms with Gasteiger partial charge in [0, 0.05) is 10.0 Å². The van der Waals surface area contributed by atoms with E-state index in [-0.39, 0.29) is 0 Å². The molecule has 100 valence electrons. The van der Waals surface area contributed by atoms with Gasteiger partial charge >= 0.3 is 0 Å². The molecule has 0 bridgehead atoms. The van der Waals surface area contributed by atoms with Gasteiger partial charge in [0.15, 0.2) is 5.82 Å². The highest BCUT2D eigenvalue weighted by Crippen LogP contribution is 2.33. The first-order chi connectivity index (χ1) is 9.06. The largest absolute Gasteiger partial charge is 0.496 e. The molecule has 1 heterocycles. The van der Waals surface area contributed by atoms with Crippen molar-refractivity contribution >= 4 is 39.1 Å². The fourth-order valence-electron chi connectivity index (χ4n) is 1.70. The van der Waals surface area contributed by atoms with Gasteiger partial charge in [0.05, 0.1) is 12.7 Å². The maximum absolute atomic E-state index is 6.13. The van der Waals surface area contributed by atoms with E-state index in [0.29, 0.717) is 28.3 Å². The Hall–Kier alpha value is -0.840. The van der Waals surface area contributed by atoms with Crippen LogP contribution in [0, 0.1) is 0 Å². The fraction of sp³-hybridized carbons (Fsp3) is 0.231. The van der Waals surface area contributed by atoms with Crippen LogP contribution in [0.15, 0.2) is 22.7 Å². The van der Waals surface area contributed by atoms with Gasteiger partial charge in [0.1, 0.15) is 16.1 Å². The highest BCUT2D eigenvalue weighted by atomic mass is 79.9. The van der Waals surface area contributed by atoms with Crippen molar-refractivity contribution in [3.05, 3.63) is 38.5 Å². The van der Waals surface area contributed by atoms with Crippen LogP contribution in [0.4, 0.5) is 0 Å². The van der Waals surface area contributed by atoms with Crippen molar-refractivity contribution in [2.45, 2.75) is 13.3 Å². The Morgan fingerprint density at radius 2 is 1.84 bits per heavy atom. The summed E-state index contributed by atoms with van der Waals surface area (Å²) in [5.74, 6) is 1.12. The summed E-state index contributed by atoms with van der Waals surface area (Å²) in [5, 5.41) is 0.749. The van der Waals surface area contributed by atoms with Gasteiger partial charge in [-0.1, -0.05) is 46.1 Å². The number of nitrogens with zero attached hydrogens (tertiary/aromatic N) is 2. The average molecular weight is 362 g/mol. The molecule has 0 unspecified atom stereocenters. The molecule has 1 aromatic carbocycles. The zero-order valence-electron chi connectivity index (χ0n) is 10.4. The Bertz CT molecular complexity index is 597. The summed E-state index contributed by atoms with van der Waals surface area (Å²) in [6.07, 6.45) is 0.688. The standard InChI is InChI=1S/C13H11BrCl2N2O/c1-3-8-11(15)17-13(18-12(8)16)9-6-7(14)4-5-10(9)19-2/h4-6H,3H2,1-2H3. The van der Waals surface area contributed by atoms with Gasteiger partial charge < -0.3 is 4.74 Å². The van der Waals surface area contributed by atoms with Gasteiger partial charge in [-0.25, -0.2) is 9.97 Å². The van der Waals surface area contributed by atoms with Crippen LogP contribution in [0.25, 0.3) is 11.4 Å². The summed E-state index contributed by atoms with van der Waals surface area (Å²) in [5.41, 5.74) is 1.49. The highest BCUT2D eigenvalue weighted by Gasteiger charge is 2.14. The number of rotatable bonds is 3. The minimum atomic E-state index is 0.375. The monoisotopic (exact) mass is 360 g/mol. The fourth-order valence-corrected chi connectivity index (χ4v) is 2.71. The van der Waals surface area contributed by atoms with Crippen LogP contribution in [-0.4, -0.2) is 17.1 Å². The lowest BCUT2D eigenvalue weighted by Gasteiger charge is -2.10. The Morgan fingerprint density at radius 1 is 1.21 bits per heavy atom. The first kappa shape index (κ1) is 14.6. The van der Waals surface area contributed by atoms with E-state index in [1.54, 1.807) is 7.11 Å². The van der Waals surface area contributed by atoms with E-state index >= 15 is 0 Å². The quantitative estimate of drug-likeness (QED) is 0.737. The Balaban J connectivity index is 2.62. The lowest BCUT2D eigenvalue weighted by atomic mass is 10.2. The van der Waals surface area contributed by atoms with E-state index in [0.717, 1.165) is 15.6 Å². The van der Waals surface area contributed by atoms with Crippen molar-refractivity contribution in [1.29, 1.82) is 0 Å². The summed E-state index contributed by atoms with van der Waals surface area (Å²) in [4.78, 5) is 8.59. The normalized spacial score (nSPS) is 10.6. The molecule has 0 aliphatic rings. The molecule has 0 aliphatic carbocycles. The Morgan fingerprint density at radius 3 is 2.37 bits per heavy atom. The molecule has 0 aliphatic heterocycles. The summed E-state index contributed by atoms with van der Waals surface area (Å²) in [6, 6.07) is 5.58. The molecule has 3 nitrogen and oxygen atoms in total. The molecule has 2 rings (SSSR count). The molecule has 1 aromatic heterocycles. The topological polar surface area (TPSA) is 35.0 Å². The zero-order valence-corrected chi connectivity index (χ0v) is 13.5. The summed E-state index contributed by atoms with van der Waals surface area (Å²) in [6.45, 7) is 1.95. The maximum atomic E-state index is 6.13.